The molecule has 0 amide bonds. The molecule has 5 aromatic rings. The number of carbonyl (C=O) groups excluding carboxylic acids is 1. The second kappa shape index (κ2) is 10.9. The number of nitrogens with zero attached hydrogens (tertiary/aromatic N) is 1. The van der Waals surface area contributed by atoms with Crippen molar-refractivity contribution in [1.82, 2.24) is 4.98 Å². The average Bonchev–Trinajstić information content (AvgIpc) is 3.21. The molecule has 0 unspecified atom stereocenters. The van der Waals surface area contributed by atoms with E-state index in [9.17, 15) is 18.3 Å². The number of aromatic carboxylic acids is 1. The van der Waals surface area contributed by atoms with Crippen LogP contribution in [0.4, 0.5) is 0 Å². The summed E-state index contributed by atoms with van der Waals surface area (Å²) in [5, 5.41) is 18.7. The van der Waals surface area contributed by atoms with Gasteiger partial charge in [0.05, 0.1) is 28.4 Å². The topological polar surface area (TPSA) is 136 Å². The Kier molecular flexibility index (Phi) is 7.96. The molecular weight excluding hydrogens is 515 g/mol. The molecule has 2 aromatic heterocycles. The van der Waals surface area contributed by atoms with Crippen LogP contribution in [0.5, 0.6) is 5.75 Å². The van der Waals surface area contributed by atoms with Crippen molar-refractivity contribution in [3.8, 4) is 17.2 Å². The van der Waals surface area contributed by atoms with Gasteiger partial charge in [-0.3, -0.25) is 0 Å². The molecule has 0 saturated carbocycles. The van der Waals surface area contributed by atoms with Crippen molar-refractivity contribution in [3.63, 3.8) is 0 Å². The third kappa shape index (κ3) is 5.34. The molecule has 0 fully saturated rings. The Hall–Kier alpha value is -3.21. The number of nitrogens with two attached hydrogens (primary N) is 1. The summed E-state index contributed by atoms with van der Waals surface area (Å²) < 4.78 is 34.9. The number of aryl methyl sites for hydroxylation is 2. The zero-order valence-corrected chi connectivity index (χ0v) is 24.0. The summed E-state index contributed by atoms with van der Waals surface area (Å²) in [6.07, 6.45) is 0.463. The smallest absolute Gasteiger partial charge is 0.545 e. The molecule has 0 saturated heterocycles. The first-order valence-electron chi connectivity index (χ1n) is 11.5. The van der Waals surface area contributed by atoms with E-state index in [1.165, 1.54) is 18.2 Å². The van der Waals surface area contributed by atoms with Gasteiger partial charge in [0.1, 0.15) is 17.0 Å². The number of primary sulfonamides is 1. The number of aromatic nitrogens is 1. The number of hydrogen-bond acceptors (Lipinski definition) is 7. The minimum absolute atomic E-state index is 0. The minimum atomic E-state index is -3.77. The van der Waals surface area contributed by atoms with Crippen molar-refractivity contribution in [3.05, 3.63) is 89.0 Å². The largest absolute Gasteiger partial charge is 1.00 e. The van der Waals surface area contributed by atoms with Gasteiger partial charge in [0, 0.05) is 22.9 Å². The van der Waals surface area contributed by atoms with E-state index in [1.807, 2.05) is 44.2 Å². The Morgan fingerprint density at radius 1 is 1.05 bits per heavy atom. The van der Waals surface area contributed by atoms with E-state index in [0.717, 1.165) is 22.1 Å². The van der Waals surface area contributed by atoms with Gasteiger partial charge in [0.15, 0.2) is 5.76 Å². The van der Waals surface area contributed by atoms with Crippen molar-refractivity contribution >= 4 is 37.9 Å². The average molecular weight is 539 g/mol. The van der Waals surface area contributed by atoms with Gasteiger partial charge in [-0.2, -0.15) is 0 Å². The quantitative estimate of drug-likeness (QED) is 0.304. The monoisotopic (exact) mass is 538 g/mol. The summed E-state index contributed by atoms with van der Waals surface area (Å²) in [6, 6.07) is 18.8. The van der Waals surface area contributed by atoms with E-state index in [2.05, 4.69) is 0 Å². The maximum absolute atomic E-state index is 12.2. The number of carbonyl (C=O) groups is 1. The molecule has 0 aliphatic rings. The zero-order valence-electron chi connectivity index (χ0n) is 21.1. The molecule has 8 nitrogen and oxygen atoms in total. The molecule has 2 heterocycles. The molecule has 38 heavy (non-hydrogen) atoms. The fraction of sp³-hybridized carbons (Fsp3) is 0.143. The van der Waals surface area contributed by atoms with Crippen LogP contribution < -0.4 is 44.5 Å². The minimum Gasteiger partial charge on any atom is -0.545 e. The van der Waals surface area contributed by atoms with Crippen LogP contribution >= 0.6 is 0 Å². The van der Waals surface area contributed by atoms with Gasteiger partial charge in [-0.05, 0) is 55.3 Å². The molecule has 0 bridgehead atoms. The summed E-state index contributed by atoms with van der Waals surface area (Å²) in [6.45, 7) is 3.98. The molecule has 0 aliphatic carbocycles. The second-order valence-electron chi connectivity index (χ2n) is 8.79. The van der Waals surface area contributed by atoms with Crippen LogP contribution in [0.25, 0.3) is 33.3 Å². The molecule has 0 spiro atoms. The molecule has 0 atom stereocenters. The molecule has 188 valence electrons. The van der Waals surface area contributed by atoms with E-state index in [-0.39, 0.29) is 46.6 Å². The van der Waals surface area contributed by atoms with Gasteiger partial charge in [0.25, 0.3) is 0 Å². The third-order valence-corrected chi connectivity index (χ3v) is 7.25. The number of carboxylic acid groups (broad SMARTS) is 1. The number of benzene rings is 3. The zero-order chi connectivity index (χ0) is 26.3. The van der Waals surface area contributed by atoms with Crippen molar-refractivity contribution in [1.29, 1.82) is 0 Å². The first-order chi connectivity index (χ1) is 17.6. The van der Waals surface area contributed by atoms with Crippen molar-refractivity contribution in [2.45, 2.75) is 25.2 Å². The number of ether oxygens (including phenoxy) is 1. The third-order valence-electron chi connectivity index (χ3n) is 6.32. The summed E-state index contributed by atoms with van der Waals surface area (Å²) in [5.74, 6) is -0.489. The van der Waals surface area contributed by atoms with Crippen LogP contribution in [0.2, 0.25) is 0 Å². The van der Waals surface area contributed by atoms with Crippen LogP contribution in [0.15, 0.2) is 76.0 Å². The Bertz CT molecular complexity index is 1780. The first kappa shape index (κ1) is 27.8. The summed E-state index contributed by atoms with van der Waals surface area (Å²) in [4.78, 5) is 17.0. The fourth-order valence-electron chi connectivity index (χ4n) is 4.38. The fourth-order valence-corrected chi connectivity index (χ4v) is 4.90. The normalized spacial score (nSPS) is 11.4. The van der Waals surface area contributed by atoms with Gasteiger partial charge in [-0.15, -0.1) is 0 Å². The number of hydrogen-bond donors (Lipinski definition) is 1. The van der Waals surface area contributed by atoms with E-state index < -0.39 is 16.0 Å². The van der Waals surface area contributed by atoms with Crippen molar-refractivity contribution in [2.24, 2.45) is 5.14 Å². The molecule has 2 N–H and O–H groups in total. The SMILES string of the molecule is Cc1c(-c2cc(C(=O)[O-])c3c(OCCc4ccc(S(N)(=O)=O)cc4)ccc(C)c3n2)oc2ccccc12.[Na+]. The van der Waals surface area contributed by atoms with E-state index in [4.69, 9.17) is 19.3 Å². The standard InChI is InChI=1S/C28H24N2O6S.Na/c1-16-7-12-24(35-14-13-18-8-10-19(11-9-18)37(29,33)34)25-21(28(31)32)15-22(30-26(16)25)27-17(2)20-5-3-4-6-23(20)36-27;/h3-12,15H,13-14H2,1-2H3,(H,31,32)(H2,29,33,34);/q;+1/p-1. The van der Waals surface area contributed by atoms with Crippen molar-refractivity contribution in [2.75, 3.05) is 6.61 Å². The molecule has 0 aliphatic heterocycles. The Balaban J connectivity index is 0.00000336. The number of rotatable bonds is 7. The van der Waals surface area contributed by atoms with Crippen LogP contribution in [0.1, 0.15) is 27.0 Å². The molecule has 10 heteroatoms. The number of furan rings is 1. The number of pyridine rings is 1. The van der Waals surface area contributed by atoms with Gasteiger partial charge < -0.3 is 19.1 Å². The molecule has 0 radical (unpaired) electrons. The van der Waals surface area contributed by atoms with E-state index in [1.54, 1.807) is 18.2 Å². The maximum Gasteiger partial charge on any atom is 1.00 e. The molecule has 3 aromatic carbocycles. The summed E-state index contributed by atoms with van der Waals surface area (Å²) >= 11 is 0. The van der Waals surface area contributed by atoms with E-state index in [0.29, 0.717) is 40.1 Å². The van der Waals surface area contributed by atoms with E-state index >= 15 is 0 Å². The predicted octanol–water partition coefficient (Wildman–Crippen LogP) is 0.901. The Labute approximate surface area is 241 Å². The number of fused-ring (bicyclic) bond motifs is 2. The van der Waals surface area contributed by atoms with Gasteiger partial charge >= 0.3 is 29.6 Å². The number of para-hydroxylation sites is 1. The van der Waals surface area contributed by atoms with Crippen molar-refractivity contribution < 1.29 is 57.0 Å². The molecular formula is C28H23N2NaO6S. The first-order valence-corrected chi connectivity index (χ1v) is 13.1. The number of carboxylic acids is 1. The van der Waals surface area contributed by atoms with Crippen LogP contribution in [-0.4, -0.2) is 26.0 Å². The van der Waals surface area contributed by atoms with Gasteiger partial charge in [-0.25, -0.2) is 18.5 Å². The second-order valence-corrected chi connectivity index (χ2v) is 10.3. The maximum atomic E-state index is 12.2. The van der Waals surface area contributed by atoms with Gasteiger partial charge in [-0.1, -0.05) is 36.4 Å². The summed E-state index contributed by atoms with van der Waals surface area (Å²) in [5.41, 5.74) is 4.00. The van der Waals surface area contributed by atoms with Crippen LogP contribution in [-0.2, 0) is 16.4 Å². The Morgan fingerprint density at radius 2 is 1.76 bits per heavy atom. The Morgan fingerprint density at radius 3 is 2.42 bits per heavy atom. The van der Waals surface area contributed by atoms with Gasteiger partial charge in [0.2, 0.25) is 10.0 Å². The predicted molar refractivity (Wildman–Crippen MR) is 138 cm³/mol. The van der Waals surface area contributed by atoms with Crippen LogP contribution in [0.3, 0.4) is 0 Å². The summed E-state index contributed by atoms with van der Waals surface area (Å²) in [7, 11) is -3.77. The number of sulfonamides is 1. The molecule has 5 rings (SSSR count). The van der Waals surface area contributed by atoms with Crippen LogP contribution in [0, 0.1) is 13.8 Å².